The summed E-state index contributed by atoms with van der Waals surface area (Å²) in [6.45, 7) is 7.48. The molecular weight excluding hydrogens is 258 g/mol. The molecule has 1 saturated heterocycles. The number of aryl methyl sites for hydroxylation is 1. The molecule has 19 heavy (non-hydrogen) atoms. The summed E-state index contributed by atoms with van der Waals surface area (Å²) in [5, 5.41) is 0. The Hall–Kier alpha value is -1.00. The number of nitrogens with zero attached hydrogens (tertiary/aromatic N) is 1. The van der Waals surface area contributed by atoms with Crippen LogP contribution in [0.15, 0.2) is 29.2 Å². The van der Waals surface area contributed by atoms with Gasteiger partial charge in [0.1, 0.15) is 0 Å². The number of rotatable bonds is 3. The summed E-state index contributed by atoms with van der Waals surface area (Å²) in [6.07, 6.45) is 0.142. The maximum Gasteiger partial charge on any atom is 0.233 e. The van der Waals surface area contributed by atoms with Crippen LogP contribution >= 0.6 is 11.8 Å². The van der Waals surface area contributed by atoms with Gasteiger partial charge in [0.05, 0.1) is 24.5 Å². The van der Waals surface area contributed by atoms with E-state index in [0.29, 0.717) is 18.9 Å². The van der Waals surface area contributed by atoms with Crippen molar-refractivity contribution in [3.63, 3.8) is 0 Å². The second-order valence-electron chi connectivity index (χ2n) is 5.09. The Bertz CT molecular complexity index is 450. The molecule has 2 unspecified atom stereocenters. The van der Waals surface area contributed by atoms with Crippen LogP contribution in [0.3, 0.4) is 0 Å². The Morgan fingerprint density at radius 1 is 1.42 bits per heavy atom. The SMILES string of the molecule is Cc1ccccc1SCC(=O)N1CC(C)OCC1C. The Kier molecular flexibility index (Phi) is 4.88. The molecule has 0 spiro atoms. The van der Waals surface area contributed by atoms with Crippen molar-refractivity contribution in [2.45, 2.75) is 37.8 Å². The van der Waals surface area contributed by atoms with Crippen LogP contribution in [-0.2, 0) is 9.53 Å². The highest BCUT2D eigenvalue weighted by Crippen LogP contribution is 2.23. The fourth-order valence-electron chi connectivity index (χ4n) is 2.19. The minimum atomic E-state index is 0.142. The number of ether oxygens (including phenoxy) is 1. The van der Waals surface area contributed by atoms with Crippen molar-refractivity contribution in [1.29, 1.82) is 0 Å². The van der Waals surface area contributed by atoms with Crippen LogP contribution < -0.4 is 0 Å². The van der Waals surface area contributed by atoms with Gasteiger partial charge in [-0.15, -0.1) is 11.8 Å². The molecule has 0 radical (unpaired) electrons. The molecule has 1 aromatic carbocycles. The Balaban J connectivity index is 1.92. The number of amides is 1. The molecule has 1 aromatic rings. The molecule has 4 heteroatoms. The predicted octanol–water partition coefficient (Wildman–Crippen LogP) is 2.72. The zero-order chi connectivity index (χ0) is 13.8. The van der Waals surface area contributed by atoms with Crippen molar-refractivity contribution in [2.75, 3.05) is 18.9 Å². The van der Waals surface area contributed by atoms with Gasteiger partial charge in [-0.3, -0.25) is 4.79 Å². The first-order valence-electron chi connectivity index (χ1n) is 6.67. The lowest BCUT2D eigenvalue weighted by Gasteiger charge is -2.36. The van der Waals surface area contributed by atoms with Crippen molar-refractivity contribution >= 4 is 17.7 Å². The monoisotopic (exact) mass is 279 g/mol. The van der Waals surface area contributed by atoms with Crippen molar-refractivity contribution in [3.8, 4) is 0 Å². The number of hydrogen-bond acceptors (Lipinski definition) is 3. The second-order valence-corrected chi connectivity index (χ2v) is 6.11. The van der Waals surface area contributed by atoms with Gasteiger partial charge in [0.2, 0.25) is 5.91 Å². The van der Waals surface area contributed by atoms with Gasteiger partial charge in [-0.2, -0.15) is 0 Å². The minimum Gasteiger partial charge on any atom is -0.375 e. The number of benzene rings is 1. The fourth-order valence-corrected chi connectivity index (χ4v) is 3.11. The fraction of sp³-hybridized carbons (Fsp3) is 0.533. The van der Waals surface area contributed by atoms with Gasteiger partial charge < -0.3 is 9.64 Å². The lowest BCUT2D eigenvalue weighted by Crippen LogP contribution is -2.50. The molecule has 1 heterocycles. The standard InChI is InChI=1S/C15H21NO2S/c1-11-6-4-5-7-14(11)19-10-15(17)16-8-13(3)18-9-12(16)2/h4-7,12-13H,8-10H2,1-3H3. The third-order valence-corrected chi connectivity index (χ3v) is 4.53. The number of thioether (sulfide) groups is 1. The average molecular weight is 279 g/mol. The quantitative estimate of drug-likeness (QED) is 0.797. The molecule has 0 aromatic heterocycles. The zero-order valence-electron chi connectivity index (χ0n) is 11.8. The van der Waals surface area contributed by atoms with E-state index in [4.69, 9.17) is 4.74 Å². The molecule has 2 rings (SSSR count). The van der Waals surface area contributed by atoms with Crippen LogP contribution in [0.5, 0.6) is 0 Å². The molecule has 0 aliphatic carbocycles. The van der Waals surface area contributed by atoms with E-state index in [1.807, 2.05) is 30.9 Å². The highest BCUT2D eigenvalue weighted by atomic mass is 32.2. The van der Waals surface area contributed by atoms with Gasteiger partial charge in [0, 0.05) is 11.4 Å². The van der Waals surface area contributed by atoms with Crippen LogP contribution in [-0.4, -0.2) is 41.9 Å². The predicted molar refractivity (Wildman–Crippen MR) is 78.5 cm³/mol. The van der Waals surface area contributed by atoms with Gasteiger partial charge in [0.25, 0.3) is 0 Å². The minimum absolute atomic E-state index is 0.142. The summed E-state index contributed by atoms with van der Waals surface area (Å²) in [6, 6.07) is 8.36. The molecule has 1 aliphatic rings. The average Bonchev–Trinajstić information content (AvgIpc) is 2.40. The van der Waals surface area contributed by atoms with E-state index in [9.17, 15) is 4.79 Å². The molecule has 0 saturated carbocycles. The maximum atomic E-state index is 12.3. The van der Waals surface area contributed by atoms with Crippen LogP contribution in [0, 0.1) is 6.92 Å². The van der Waals surface area contributed by atoms with Gasteiger partial charge in [-0.05, 0) is 32.4 Å². The number of hydrogen-bond donors (Lipinski definition) is 0. The van der Waals surface area contributed by atoms with E-state index in [-0.39, 0.29) is 18.1 Å². The molecule has 104 valence electrons. The van der Waals surface area contributed by atoms with Gasteiger partial charge in [0.15, 0.2) is 0 Å². The van der Waals surface area contributed by atoms with Crippen LogP contribution in [0.25, 0.3) is 0 Å². The van der Waals surface area contributed by atoms with E-state index in [1.54, 1.807) is 11.8 Å². The molecule has 1 amide bonds. The normalized spacial score (nSPS) is 23.4. The lowest BCUT2D eigenvalue weighted by atomic mass is 10.2. The Labute approximate surface area is 119 Å². The van der Waals surface area contributed by atoms with Crippen molar-refractivity contribution in [3.05, 3.63) is 29.8 Å². The third-order valence-electron chi connectivity index (χ3n) is 3.37. The second kappa shape index (κ2) is 6.44. The van der Waals surface area contributed by atoms with Crippen LogP contribution in [0.2, 0.25) is 0 Å². The topological polar surface area (TPSA) is 29.5 Å². The first-order chi connectivity index (χ1) is 9.08. The summed E-state index contributed by atoms with van der Waals surface area (Å²) < 4.78 is 5.55. The summed E-state index contributed by atoms with van der Waals surface area (Å²) in [7, 11) is 0. The number of morpholine rings is 1. The molecule has 0 N–H and O–H groups in total. The molecular formula is C15H21NO2S. The van der Waals surface area contributed by atoms with Crippen LogP contribution in [0.4, 0.5) is 0 Å². The molecule has 2 atom stereocenters. The van der Waals surface area contributed by atoms with Gasteiger partial charge in [-0.25, -0.2) is 0 Å². The van der Waals surface area contributed by atoms with E-state index in [2.05, 4.69) is 19.1 Å². The Morgan fingerprint density at radius 3 is 2.89 bits per heavy atom. The summed E-state index contributed by atoms with van der Waals surface area (Å²) in [5.41, 5.74) is 1.23. The smallest absolute Gasteiger partial charge is 0.233 e. The first-order valence-corrected chi connectivity index (χ1v) is 7.66. The molecule has 1 fully saturated rings. The zero-order valence-corrected chi connectivity index (χ0v) is 12.6. The van der Waals surface area contributed by atoms with Gasteiger partial charge in [-0.1, -0.05) is 18.2 Å². The molecule has 3 nitrogen and oxygen atoms in total. The molecule has 1 aliphatic heterocycles. The first kappa shape index (κ1) is 14.4. The maximum absolute atomic E-state index is 12.3. The van der Waals surface area contributed by atoms with E-state index < -0.39 is 0 Å². The highest BCUT2D eigenvalue weighted by Gasteiger charge is 2.27. The van der Waals surface area contributed by atoms with E-state index in [0.717, 1.165) is 0 Å². The van der Waals surface area contributed by atoms with Gasteiger partial charge >= 0.3 is 0 Å². The highest BCUT2D eigenvalue weighted by molar-refractivity contribution is 8.00. The molecule has 0 bridgehead atoms. The third kappa shape index (κ3) is 3.74. The summed E-state index contributed by atoms with van der Waals surface area (Å²) in [4.78, 5) is 15.4. The van der Waals surface area contributed by atoms with Crippen LogP contribution in [0.1, 0.15) is 19.4 Å². The summed E-state index contributed by atoms with van der Waals surface area (Å²) >= 11 is 1.62. The van der Waals surface area contributed by atoms with Crippen molar-refractivity contribution < 1.29 is 9.53 Å². The van der Waals surface area contributed by atoms with E-state index >= 15 is 0 Å². The Morgan fingerprint density at radius 2 is 2.16 bits per heavy atom. The number of carbonyl (C=O) groups excluding carboxylic acids is 1. The lowest BCUT2D eigenvalue weighted by molar-refractivity contribution is -0.140. The summed E-state index contributed by atoms with van der Waals surface area (Å²) in [5.74, 6) is 0.706. The van der Waals surface area contributed by atoms with Crippen molar-refractivity contribution in [1.82, 2.24) is 4.90 Å². The largest absolute Gasteiger partial charge is 0.375 e. The number of carbonyl (C=O) groups is 1. The van der Waals surface area contributed by atoms with Crippen molar-refractivity contribution in [2.24, 2.45) is 0 Å². The van der Waals surface area contributed by atoms with E-state index in [1.165, 1.54) is 10.5 Å².